The highest BCUT2D eigenvalue weighted by Crippen LogP contribution is 2.37. The number of H-pyrrole nitrogens is 1. The van der Waals surface area contributed by atoms with E-state index < -0.39 is 27.6 Å². The second kappa shape index (κ2) is 9.41. The number of ether oxygens (including phenoxy) is 1. The molecule has 0 atom stereocenters. The van der Waals surface area contributed by atoms with Crippen LogP contribution in [0.15, 0.2) is 46.1 Å². The number of nitrogens with one attached hydrogen (secondary N) is 1. The molecule has 3 rings (SSSR count). The molecule has 0 aliphatic heterocycles. The van der Waals surface area contributed by atoms with Crippen LogP contribution in [-0.2, 0) is 5.41 Å². The lowest BCUT2D eigenvalue weighted by molar-refractivity contribution is -0.384. The highest BCUT2D eigenvalue weighted by molar-refractivity contribution is 5.95. The Labute approximate surface area is 200 Å². The topological polar surface area (TPSA) is 145 Å². The molecule has 2 aromatic carbocycles. The lowest BCUT2D eigenvalue weighted by Crippen LogP contribution is -2.28. The number of nitrogens with zero attached hydrogens (tertiary/aromatic N) is 2. The molecule has 0 saturated heterocycles. The van der Waals surface area contributed by atoms with Gasteiger partial charge in [-0.25, -0.2) is 9.59 Å². The molecule has 0 spiro atoms. The zero-order valence-corrected chi connectivity index (χ0v) is 19.9. The van der Waals surface area contributed by atoms with E-state index in [0.29, 0.717) is 28.1 Å². The molecule has 0 aliphatic carbocycles. The van der Waals surface area contributed by atoms with Crippen LogP contribution in [0.25, 0.3) is 17.8 Å². The minimum absolute atomic E-state index is 0.212. The second-order valence-corrected chi connectivity index (χ2v) is 8.97. The van der Waals surface area contributed by atoms with Crippen molar-refractivity contribution in [2.45, 2.75) is 33.1 Å². The van der Waals surface area contributed by atoms with Crippen molar-refractivity contribution in [1.82, 2.24) is 9.55 Å². The molecule has 0 saturated carbocycles. The van der Waals surface area contributed by atoms with Crippen molar-refractivity contribution in [1.29, 1.82) is 0 Å². The fourth-order valence-corrected chi connectivity index (χ4v) is 3.76. The van der Waals surface area contributed by atoms with Crippen LogP contribution >= 0.6 is 0 Å². The van der Waals surface area contributed by atoms with Crippen LogP contribution in [0, 0.1) is 17.0 Å². The predicted octanol–water partition coefficient (Wildman–Crippen LogP) is 3.92. The van der Waals surface area contributed by atoms with Crippen molar-refractivity contribution in [2.75, 3.05) is 7.11 Å². The molecule has 10 nitrogen and oxygen atoms in total. The Kier molecular flexibility index (Phi) is 6.77. The third-order valence-corrected chi connectivity index (χ3v) is 5.46. The van der Waals surface area contributed by atoms with Gasteiger partial charge in [0.2, 0.25) is 0 Å². The molecule has 0 unspecified atom stereocenters. The number of rotatable bonds is 6. The maximum absolute atomic E-state index is 12.4. The Bertz CT molecular complexity index is 1470. The monoisotopic (exact) mass is 479 g/mol. The van der Waals surface area contributed by atoms with Gasteiger partial charge < -0.3 is 9.84 Å². The summed E-state index contributed by atoms with van der Waals surface area (Å²) in [6, 6.07) is 7.02. The summed E-state index contributed by atoms with van der Waals surface area (Å²) in [5.74, 6) is -0.779. The van der Waals surface area contributed by atoms with Gasteiger partial charge in [0.1, 0.15) is 5.75 Å². The minimum atomic E-state index is -1.30. The smallest absolute Gasteiger partial charge is 0.336 e. The molecular weight excluding hydrogens is 454 g/mol. The standard InChI is InChI=1S/C25H25N3O7/c1-14-10-17(28(33)34)12-19(23(30)31)18(14)7-6-15-11-16(27-9-8-21(29)26-24(27)32)13-20(22(15)35-5)25(2,3)4/h6-13H,1-5H3,(H,30,31)(H,26,29,32). The quantitative estimate of drug-likeness (QED) is 0.310. The van der Waals surface area contributed by atoms with Gasteiger partial charge in [0.15, 0.2) is 0 Å². The second-order valence-electron chi connectivity index (χ2n) is 8.97. The summed E-state index contributed by atoms with van der Waals surface area (Å²) in [7, 11) is 1.51. The van der Waals surface area contributed by atoms with Gasteiger partial charge in [-0.15, -0.1) is 0 Å². The Hall–Kier alpha value is -4.47. The maximum atomic E-state index is 12.4. The predicted molar refractivity (Wildman–Crippen MR) is 132 cm³/mol. The molecule has 1 heterocycles. The lowest BCUT2D eigenvalue weighted by atomic mass is 9.84. The summed E-state index contributed by atoms with van der Waals surface area (Å²) in [4.78, 5) is 48.5. The van der Waals surface area contributed by atoms with E-state index in [1.165, 1.54) is 30.0 Å². The summed E-state index contributed by atoms with van der Waals surface area (Å²) in [6.45, 7) is 7.51. The van der Waals surface area contributed by atoms with Gasteiger partial charge in [0.05, 0.1) is 23.3 Å². The van der Waals surface area contributed by atoms with Crippen molar-refractivity contribution in [3.63, 3.8) is 0 Å². The molecule has 2 N–H and O–H groups in total. The van der Waals surface area contributed by atoms with E-state index in [4.69, 9.17) is 4.74 Å². The zero-order chi connectivity index (χ0) is 26.1. The SMILES string of the molecule is COc1c(C=Cc2c(C)cc([N+](=O)[O-])cc2C(=O)O)cc(-n2ccc(=O)[nH]c2=O)cc1C(C)(C)C. The van der Waals surface area contributed by atoms with Gasteiger partial charge in [-0.05, 0) is 35.6 Å². The first-order valence-corrected chi connectivity index (χ1v) is 10.6. The number of benzene rings is 2. The van der Waals surface area contributed by atoms with Crippen molar-refractivity contribution in [3.8, 4) is 11.4 Å². The van der Waals surface area contributed by atoms with Gasteiger partial charge in [0.25, 0.3) is 11.2 Å². The van der Waals surface area contributed by atoms with Gasteiger partial charge >= 0.3 is 11.7 Å². The largest absolute Gasteiger partial charge is 0.496 e. The van der Waals surface area contributed by atoms with Crippen LogP contribution in [0.4, 0.5) is 5.69 Å². The Morgan fingerprint density at radius 1 is 1.17 bits per heavy atom. The average molecular weight is 479 g/mol. The first kappa shape index (κ1) is 25.2. The number of aryl methyl sites for hydroxylation is 1. The number of nitro groups is 1. The van der Waals surface area contributed by atoms with E-state index in [9.17, 15) is 29.6 Å². The van der Waals surface area contributed by atoms with E-state index >= 15 is 0 Å². The van der Waals surface area contributed by atoms with Crippen LogP contribution < -0.4 is 16.0 Å². The van der Waals surface area contributed by atoms with E-state index in [2.05, 4.69) is 4.98 Å². The van der Waals surface area contributed by atoms with Crippen LogP contribution in [0.2, 0.25) is 0 Å². The molecule has 35 heavy (non-hydrogen) atoms. The van der Waals surface area contributed by atoms with E-state index in [0.717, 1.165) is 11.6 Å². The molecule has 0 amide bonds. The fourth-order valence-electron chi connectivity index (χ4n) is 3.76. The minimum Gasteiger partial charge on any atom is -0.496 e. The average Bonchev–Trinajstić information content (AvgIpc) is 2.76. The molecule has 0 bridgehead atoms. The number of aromatic amines is 1. The highest BCUT2D eigenvalue weighted by Gasteiger charge is 2.23. The molecular formula is C25H25N3O7. The third kappa shape index (κ3) is 5.21. The third-order valence-electron chi connectivity index (χ3n) is 5.46. The number of methoxy groups -OCH3 is 1. The van der Waals surface area contributed by atoms with Crippen molar-refractivity contribution >= 4 is 23.8 Å². The summed E-state index contributed by atoms with van der Waals surface area (Å²) in [6.07, 6.45) is 4.55. The molecule has 0 fully saturated rings. The van der Waals surface area contributed by atoms with Gasteiger partial charge in [-0.2, -0.15) is 0 Å². The Balaban J connectivity index is 2.29. The molecule has 182 valence electrons. The zero-order valence-electron chi connectivity index (χ0n) is 19.9. The highest BCUT2D eigenvalue weighted by atomic mass is 16.6. The molecule has 0 radical (unpaired) electrons. The van der Waals surface area contributed by atoms with E-state index in [-0.39, 0.29) is 11.3 Å². The van der Waals surface area contributed by atoms with Crippen molar-refractivity contribution in [2.24, 2.45) is 0 Å². The summed E-state index contributed by atoms with van der Waals surface area (Å²) in [5, 5.41) is 20.8. The number of hydrogen-bond donors (Lipinski definition) is 2. The molecule has 3 aromatic rings. The normalized spacial score (nSPS) is 11.6. The van der Waals surface area contributed by atoms with E-state index in [1.54, 1.807) is 31.2 Å². The van der Waals surface area contributed by atoms with Crippen LogP contribution in [0.5, 0.6) is 5.75 Å². The first-order chi connectivity index (χ1) is 16.3. The molecule has 1 aromatic heterocycles. The number of hydrogen-bond acceptors (Lipinski definition) is 6. The number of nitro benzene ring substituents is 1. The summed E-state index contributed by atoms with van der Waals surface area (Å²) in [5.41, 5.74) is 0.435. The van der Waals surface area contributed by atoms with Crippen molar-refractivity contribution < 1.29 is 19.6 Å². The fraction of sp³-hybridized carbons (Fsp3) is 0.240. The Morgan fingerprint density at radius 2 is 1.86 bits per heavy atom. The summed E-state index contributed by atoms with van der Waals surface area (Å²) >= 11 is 0. The number of carboxylic acids is 1. The summed E-state index contributed by atoms with van der Waals surface area (Å²) < 4.78 is 6.97. The van der Waals surface area contributed by atoms with Crippen molar-refractivity contribution in [3.05, 3.63) is 95.3 Å². The molecule has 10 heteroatoms. The number of carbonyl (C=O) groups is 1. The Morgan fingerprint density at radius 3 is 2.40 bits per heavy atom. The van der Waals surface area contributed by atoms with Crippen LogP contribution in [0.3, 0.4) is 0 Å². The number of aromatic carboxylic acids is 1. The number of aromatic nitrogens is 2. The maximum Gasteiger partial charge on any atom is 0.336 e. The van der Waals surface area contributed by atoms with Gasteiger partial charge in [-0.3, -0.25) is 24.5 Å². The van der Waals surface area contributed by atoms with Crippen LogP contribution in [0.1, 0.15) is 53.4 Å². The number of non-ortho nitro benzene ring substituents is 1. The van der Waals surface area contributed by atoms with Gasteiger partial charge in [-0.1, -0.05) is 32.9 Å². The molecule has 0 aliphatic rings. The lowest BCUT2D eigenvalue weighted by Gasteiger charge is -2.25. The van der Waals surface area contributed by atoms with Gasteiger partial charge in [0, 0.05) is 35.5 Å². The first-order valence-electron chi connectivity index (χ1n) is 10.6. The number of carboxylic acid groups (broad SMARTS) is 1. The van der Waals surface area contributed by atoms with Crippen LogP contribution in [-0.4, -0.2) is 32.7 Å². The van der Waals surface area contributed by atoms with E-state index in [1.807, 2.05) is 20.8 Å².